The maximum absolute atomic E-state index is 4.28. The largest absolute Gasteiger partial charge is 0.367 e. The highest BCUT2D eigenvalue weighted by Crippen LogP contribution is 2.21. The third-order valence-electron chi connectivity index (χ3n) is 3.39. The molecule has 0 aliphatic heterocycles. The average Bonchev–Trinajstić information content (AvgIpc) is 2.37. The lowest BCUT2D eigenvalue weighted by molar-refractivity contribution is 0.372. The predicted molar refractivity (Wildman–Crippen MR) is 87.2 cm³/mol. The first-order chi connectivity index (χ1) is 9.45. The molecule has 114 valence electrons. The molecule has 4 nitrogen and oxygen atoms in total. The lowest BCUT2D eigenvalue weighted by atomic mass is 10.1. The Morgan fingerprint density at radius 1 is 1.25 bits per heavy atom. The number of rotatable bonds is 8. The van der Waals surface area contributed by atoms with Gasteiger partial charge in [-0.25, -0.2) is 0 Å². The smallest absolute Gasteiger partial charge is 0.0445 e. The van der Waals surface area contributed by atoms with Gasteiger partial charge in [0.25, 0.3) is 0 Å². The van der Waals surface area contributed by atoms with Crippen LogP contribution in [0.1, 0.15) is 33.3 Å². The predicted octanol–water partition coefficient (Wildman–Crippen LogP) is 2.36. The lowest BCUT2D eigenvalue weighted by Crippen LogP contribution is -2.40. The van der Waals surface area contributed by atoms with Crippen LogP contribution in [0.5, 0.6) is 0 Å². The summed E-state index contributed by atoms with van der Waals surface area (Å²) in [5.41, 5.74) is 2.57. The highest BCUT2D eigenvalue weighted by atomic mass is 15.2. The maximum atomic E-state index is 4.28. The Balaban J connectivity index is 2.90. The quantitative estimate of drug-likeness (QED) is 0.791. The van der Waals surface area contributed by atoms with E-state index >= 15 is 0 Å². The van der Waals surface area contributed by atoms with Crippen molar-refractivity contribution in [1.82, 2.24) is 15.2 Å². The van der Waals surface area contributed by atoms with Crippen LogP contribution in [0.3, 0.4) is 0 Å². The zero-order valence-electron chi connectivity index (χ0n) is 13.8. The van der Waals surface area contributed by atoms with Crippen molar-refractivity contribution >= 4 is 5.69 Å². The van der Waals surface area contributed by atoms with Crippen molar-refractivity contribution in [2.45, 2.75) is 46.3 Å². The van der Waals surface area contributed by atoms with Gasteiger partial charge < -0.3 is 15.1 Å². The van der Waals surface area contributed by atoms with Gasteiger partial charge in [-0.15, -0.1) is 0 Å². The molecule has 1 N–H and O–H groups in total. The summed E-state index contributed by atoms with van der Waals surface area (Å²) in [4.78, 5) is 8.98. The van der Waals surface area contributed by atoms with E-state index in [2.05, 4.69) is 68.0 Å². The Hall–Kier alpha value is -1.13. The fraction of sp³-hybridized carbons (Fsp3) is 0.688. The number of nitrogens with one attached hydrogen (secondary N) is 1. The molecule has 1 aromatic heterocycles. The minimum Gasteiger partial charge on any atom is -0.367 e. The average molecular weight is 278 g/mol. The standard InChI is InChI=1S/C16H30N4/c1-7-20(14(4)12-19(5)6)16-8-9-17-10-15(16)11-18-13(2)3/h8-10,13-14,18H,7,11-12H2,1-6H3. The summed E-state index contributed by atoms with van der Waals surface area (Å²) in [6.07, 6.45) is 3.87. The van der Waals surface area contributed by atoms with Crippen molar-refractivity contribution in [3.8, 4) is 0 Å². The van der Waals surface area contributed by atoms with Gasteiger partial charge in [0.05, 0.1) is 0 Å². The Bertz CT molecular complexity index is 390. The van der Waals surface area contributed by atoms with Gasteiger partial charge in [0.2, 0.25) is 0 Å². The molecule has 1 aromatic rings. The molecule has 0 aliphatic carbocycles. The van der Waals surface area contributed by atoms with E-state index in [1.165, 1.54) is 11.3 Å². The molecular formula is C16H30N4. The fourth-order valence-electron chi connectivity index (χ4n) is 2.50. The first-order valence-corrected chi connectivity index (χ1v) is 7.53. The van der Waals surface area contributed by atoms with E-state index in [1.807, 2.05) is 12.4 Å². The summed E-state index contributed by atoms with van der Waals surface area (Å²) in [5, 5.41) is 3.48. The van der Waals surface area contributed by atoms with E-state index in [0.717, 1.165) is 19.6 Å². The van der Waals surface area contributed by atoms with Crippen molar-refractivity contribution in [3.05, 3.63) is 24.0 Å². The van der Waals surface area contributed by atoms with Crippen LogP contribution in [0.2, 0.25) is 0 Å². The summed E-state index contributed by atoms with van der Waals surface area (Å²) in [7, 11) is 4.25. The van der Waals surface area contributed by atoms with E-state index in [1.54, 1.807) is 0 Å². The molecule has 0 amide bonds. The third-order valence-corrected chi connectivity index (χ3v) is 3.39. The van der Waals surface area contributed by atoms with Gasteiger partial charge in [0.1, 0.15) is 0 Å². The number of pyridine rings is 1. The van der Waals surface area contributed by atoms with Crippen molar-refractivity contribution in [2.24, 2.45) is 0 Å². The maximum Gasteiger partial charge on any atom is 0.0445 e. The Morgan fingerprint density at radius 2 is 1.95 bits per heavy atom. The molecule has 0 saturated carbocycles. The first kappa shape index (κ1) is 16.9. The summed E-state index contributed by atoms with van der Waals surface area (Å²) in [6, 6.07) is 3.10. The van der Waals surface area contributed by atoms with Gasteiger partial charge in [0, 0.05) is 55.4 Å². The van der Waals surface area contributed by atoms with Gasteiger partial charge in [-0.05, 0) is 34.0 Å². The lowest BCUT2D eigenvalue weighted by Gasteiger charge is -2.33. The SMILES string of the molecule is CCN(c1ccncc1CNC(C)C)C(C)CN(C)C. The fourth-order valence-corrected chi connectivity index (χ4v) is 2.50. The summed E-state index contributed by atoms with van der Waals surface area (Å²) in [6.45, 7) is 11.8. The second-order valence-corrected chi connectivity index (χ2v) is 5.94. The highest BCUT2D eigenvalue weighted by molar-refractivity contribution is 5.53. The molecular weight excluding hydrogens is 248 g/mol. The van der Waals surface area contributed by atoms with Crippen LogP contribution >= 0.6 is 0 Å². The second-order valence-electron chi connectivity index (χ2n) is 5.94. The number of nitrogens with zero attached hydrogens (tertiary/aromatic N) is 3. The Kier molecular flexibility index (Phi) is 6.96. The van der Waals surface area contributed by atoms with Gasteiger partial charge in [0.15, 0.2) is 0 Å². The van der Waals surface area contributed by atoms with Crippen LogP contribution in [0.4, 0.5) is 5.69 Å². The van der Waals surface area contributed by atoms with Gasteiger partial charge in [-0.3, -0.25) is 4.98 Å². The second kappa shape index (κ2) is 8.22. The van der Waals surface area contributed by atoms with Gasteiger partial charge in [-0.1, -0.05) is 13.8 Å². The zero-order valence-corrected chi connectivity index (χ0v) is 13.8. The van der Waals surface area contributed by atoms with Crippen LogP contribution in [-0.4, -0.2) is 49.2 Å². The normalized spacial score (nSPS) is 13.0. The first-order valence-electron chi connectivity index (χ1n) is 7.53. The van der Waals surface area contributed by atoms with Crippen molar-refractivity contribution in [1.29, 1.82) is 0 Å². The number of aromatic nitrogens is 1. The van der Waals surface area contributed by atoms with Crippen molar-refractivity contribution in [2.75, 3.05) is 32.1 Å². The molecule has 20 heavy (non-hydrogen) atoms. The van der Waals surface area contributed by atoms with E-state index in [-0.39, 0.29) is 0 Å². The molecule has 0 aliphatic rings. The van der Waals surface area contributed by atoms with Crippen LogP contribution in [-0.2, 0) is 6.54 Å². The van der Waals surface area contributed by atoms with Gasteiger partial charge in [-0.2, -0.15) is 0 Å². The monoisotopic (exact) mass is 278 g/mol. The molecule has 1 atom stereocenters. The van der Waals surface area contributed by atoms with E-state index in [4.69, 9.17) is 0 Å². The van der Waals surface area contributed by atoms with E-state index in [9.17, 15) is 0 Å². The Morgan fingerprint density at radius 3 is 2.50 bits per heavy atom. The minimum absolute atomic E-state index is 0.482. The zero-order chi connectivity index (χ0) is 15.1. The molecule has 0 spiro atoms. The number of anilines is 1. The minimum atomic E-state index is 0.482. The number of hydrogen-bond acceptors (Lipinski definition) is 4. The molecule has 0 saturated heterocycles. The van der Waals surface area contributed by atoms with Crippen molar-refractivity contribution in [3.63, 3.8) is 0 Å². The van der Waals surface area contributed by atoms with Crippen LogP contribution in [0.15, 0.2) is 18.5 Å². The molecule has 1 unspecified atom stereocenters. The molecule has 0 fully saturated rings. The van der Waals surface area contributed by atoms with Crippen LogP contribution < -0.4 is 10.2 Å². The Labute approximate surface area is 124 Å². The summed E-state index contributed by atoms with van der Waals surface area (Å²) < 4.78 is 0. The summed E-state index contributed by atoms with van der Waals surface area (Å²) in [5.74, 6) is 0. The van der Waals surface area contributed by atoms with Crippen LogP contribution in [0, 0.1) is 0 Å². The molecule has 4 heteroatoms. The topological polar surface area (TPSA) is 31.4 Å². The molecule has 0 bridgehead atoms. The number of likely N-dealkylation sites (N-methyl/N-ethyl adjacent to an activating group) is 2. The molecule has 0 radical (unpaired) electrons. The highest BCUT2D eigenvalue weighted by Gasteiger charge is 2.16. The van der Waals surface area contributed by atoms with Crippen molar-refractivity contribution < 1.29 is 0 Å². The molecule has 0 aromatic carbocycles. The summed E-state index contributed by atoms with van der Waals surface area (Å²) >= 11 is 0. The van der Waals surface area contributed by atoms with E-state index in [0.29, 0.717) is 12.1 Å². The third kappa shape index (κ3) is 5.10. The van der Waals surface area contributed by atoms with Crippen LogP contribution in [0.25, 0.3) is 0 Å². The molecule has 1 rings (SSSR count). The molecule has 1 heterocycles. The van der Waals surface area contributed by atoms with E-state index < -0.39 is 0 Å². The number of hydrogen-bond donors (Lipinski definition) is 1. The van der Waals surface area contributed by atoms with Gasteiger partial charge >= 0.3 is 0 Å².